The second-order valence-corrected chi connectivity index (χ2v) is 8.90. The predicted molar refractivity (Wildman–Crippen MR) is 92.5 cm³/mol. The Morgan fingerprint density at radius 1 is 1.05 bits per heavy atom. The Bertz CT molecular complexity index is 707. The molecule has 1 aromatic carbocycles. The number of rotatable bonds is 4. The first-order valence-corrected chi connectivity index (χ1v) is 10.2. The maximum atomic E-state index is 12.6. The van der Waals surface area contributed by atoms with E-state index in [4.69, 9.17) is 0 Å². The van der Waals surface area contributed by atoms with E-state index in [0.29, 0.717) is 18.0 Å². The highest BCUT2D eigenvalue weighted by Crippen LogP contribution is 2.20. The number of halogens is 1. The minimum Gasteiger partial charge on any atom is -0.296 e. The second kappa shape index (κ2) is 6.80. The van der Waals surface area contributed by atoms with Crippen molar-refractivity contribution in [1.29, 1.82) is 0 Å². The van der Waals surface area contributed by atoms with Gasteiger partial charge >= 0.3 is 0 Å². The molecule has 0 amide bonds. The molecule has 0 aliphatic carbocycles. The van der Waals surface area contributed by atoms with E-state index in [0.717, 1.165) is 24.1 Å². The average Bonchev–Trinajstić information content (AvgIpc) is 3.01. The summed E-state index contributed by atoms with van der Waals surface area (Å²) in [5.41, 5.74) is 1.30. The number of hydrogen-bond acceptors (Lipinski definition) is 4. The van der Waals surface area contributed by atoms with Crippen LogP contribution in [0.2, 0.25) is 0 Å². The van der Waals surface area contributed by atoms with Crippen molar-refractivity contribution >= 4 is 37.3 Å². The first-order valence-electron chi connectivity index (χ1n) is 7.05. The fourth-order valence-corrected chi connectivity index (χ4v) is 4.87. The van der Waals surface area contributed by atoms with E-state index in [2.05, 4.69) is 37.7 Å². The topological polar surface area (TPSA) is 40.6 Å². The van der Waals surface area contributed by atoms with Crippen molar-refractivity contribution in [3.8, 4) is 0 Å². The largest absolute Gasteiger partial charge is 0.296 e. The van der Waals surface area contributed by atoms with Gasteiger partial charge in [0.05, 0.1) is 4.90 Å². The highest BCUT2D eigenvalue weighted by Gasteiger charge is 2.28. The maximum absolute atomic E-state index is 12.6. The molecular formula is C15H17BrN2O2S2. The summed E-state index contributed by atoms with van der Waals surface area (Å²) in [5, 5.41) is 4.22. The Labute approximate surface area is 143 Å². The molecule has 22 heavy (non-hydrogen) atoms. The van der Waals surface area contributed by atoms with Crippen molar-refractivity contribution < 1.29 is 8.42 Å². The van der Waals surface area contributed by atoms with Gasteiger partial charge in [-0.25, -0.2) is 8.42 Å². The van der Waals surface area contributed by atoms with E-state index >= 15 is 0 Å². The smallest absolute Gasteiger partial charge is 0.243 e. The summed E-state index contributed by atoms with van der Waals surface area (Å²) in [6, 6.07) is 8.95. The molecule has 2 aromatic rings. The van der Waals surface area contributed by atoms with Gasteiger partial charge in [-0.05, 0) is 46.7 Å². The zero-order chi connectivity index (χ0) is 15.6. The zero-order valence-corrected chi connectivity index (χ0v) is 15.2. The van der Waals surface area contributed by atoms with Crippen molar-refractivity contribution in [2.75, 3.05) is 26.2 Å². The average molecular weight is 401 g/mol. The first kappa shape index (κ1) is 16.1. The molecule has 1 saturated heterocycles. The number of thiophene rings is 1. The normalized spacial score (nSPS) is 17.7. The molecule has 1 fully saturated rings. The SMILES string of the molecule is O=S(=O)(c1ccc(Br)cc1)N1CCN(Cc2ccsc2)CC1. The van der Waals surface area contributed by atoms with Crippen molar-refractivity contribution in [3.63, 3.8) is 0 Å². The molecule has 1 aliphatic rings. The van der Waals surface area contributed by atoms with Gasteiger partial charge in [-0.3, -0.25) is 4.90 Å². The minimum atomic E-state index is -3.38. The Morgan fingerprint density at radius 2 is 1.73 bits per heavy atom. The molecule has 3 rings (SSSR count). The summed E-state index contributed by atoms with van der Waals surface area (Å²) in [7, 11) is -3.38. The van der Waals surface area contributed by atoms with Gasteiger partial charge in [0.2, 0.25) is 10.0 Å². The van der Waals surface area contributed by atoms with E-state index < -0.39 is 10.0 Å². The van der Waals surface area contributed by atoms with Crippen LogP contribution in [-0.4, -0.2) is 43.8 Å². The van der Waals surface area contributed by atoms with Gasteiger partial charge in [-0.1, -0.05) is 15.9 Å². The zero-order valence-electron chi connectivity index (χ0n) is 12.0. The Hall–Kier alpha value is -0.730. The monoisotopic (exact) mass is 400 g/mol. The van der Waals surface area contributed by atoms with Crippen LogP contribution >= 0.6 is 27.3 Å². The third-order valence-corrected chi connectivity index (χ3v) is 6.94. The molecule has 4 nitrogen and oxygen atoms in total. The number of hydrogen-bond donors (Lipinski definition) is 0. The fraction of sp³-hybridized carbons (Fsp3) is 0.333. The van der Waals surface area contributed by atoms with Crippen molar-refractivity contribution in [1.82, 2.24) is 9.21 Å². The Morgan fingerprint density at radius 3 is 2.32 bits per heavy atom. The van der Waals surface area contributed by atoms with Crippen molar-refractivity contribution in [3.05, 3.63) is 51.1 Å². The lowest BCUT2D eigenvalue weighted by atomic mass is 10.3. The summed E-state index contributed by atoms with van der Waals surface area (Å²) in [5.74, 6) is 0. The molecule has 118 valence electrons. The maximum Gasteiger partial charge on any atom is 0.243 e. The predicted octanol–water partition coefficient (Wildman–Crippen LogP) is 3.02. The van der Waals surface area contributed by atoms with Crippen LogP contribution in [0.3, 0.4) is 0 Å². The lowest BCUT2D eigenvalue weighted by molar-refractivity contribution is 0.182. The molecule has 2 heterocycles. The molecule has 0 unspecified atom stereocenters. The van der Waals surface area contributed by atoms with E-state index in [-0.39, 0.29) is 0 Å². The summed E-state index contributed by atoms with van der Waals surface area (Å²) < 4.78 is 27.7. The molecule has 0 N–H and O–H groups in total. The van der Waals surface area contributed by atoms with Gasteiger partial charge in [-0.2, -0.15) is 15.6 Å². The van der Waals surface area contributed by atoms with E-state index in [1.807, 2.05) is 0 Å². The van der Waals surface area contributed by atoms with Crippen LogP contribution in [0.25, 0.3) is 0 Å². The fourth-order valence-electron chi connectivity index (χ4n) is 2.52. The summed E-state index contributed by atoms with van der Waals surface area (Å²) >= 11 is 5.02. The molecule has 0 saturated carbocycles. The van der Waals surface area contributed by atoms with Crippen molar-refractivity contribution in [2.24, 2.45) is 0 Å². The molecule has 7 heteroatoms. The molecule has 0 spiro atoms. The second-order valence-electron chi connectivity index (χ2n) is 5.27. The van der Waals surface area contributed by atoms with Crippen LogP contribution in [0.4, 0.5) is 0 Å². The number of piperazine rings is 1. The van der Waals surface area contributed by atoms with Gasteiger partial charge < -0.3 is 0 Å². The van der Waals surface area contributed by atoms with Crippen molar-refractivity contribution in [2.45, 2.75) is 11.4 Å². The lowest BCUT2D eigenvalue weighted by Crippen LogP contribution is -2.48. The molecule has 1 aromatic heterocycles. The van der Waals surface area contributed by atoms with E-state index in [1.165, 1.54) is 5.56 Å². The van der Waals surface area contributed by atoms with Crippen LogP contribution in [0.5, 0.6) is 0 Å². The molecule has 1 aliphatic heterocycles. The molecule has 0 bridgehead atoms. The van der Waals surface area contributed by atoms with Gasteiger partial charge in [0.1, 0.15) is 0 Å². The molecule has 0 radical (unpaired) electrons. The van der Waals surface area contributed by atoms with Crippen LogP contribution in [0, 0.1) is 0 Å². The standard InChI is InChI=1S/C15H17BrN2O2S2/c16-14-1-3-15(4-2-14)22(19,20)18-8-6-17(7-9-18)11-13-5-10-21-12-13/h1-5,10,12H,6-9,11H2. The summed E-state index contributed by atoms with van der Waals surface area (Å²) in [6.07, 6.45) is 0. The number of benzene rings is 1. The van der Waals surface area contributed by atoms with E-state index in [9.17, 15) is 8.42 Å². The third kappa shape index (κ3) is 3.60. The van der Waals surface area contributed by atoms with Crippen LogP contribution in [-0.2, 0) is 16.6 Å². The van der Waals surface area contributed by atoms with Gasteiger partial charge in [0.25, 0.3) is 0 Å². The van der Waals surface area contributed by atoms with Crippen LogP contribution in [0.1, 0.15) is 5.56 Å². The first-order chi connectivity index (χ1) is 10.6. The number of nitrogens with zero attached hydrogens (tertiary/aromatic N) is 2. The Balaban J connectivity index is 1.64. The van der Waals surface area contributed by atoms with Crippen LogP contribution in [0.15, 0.2) is 50.5 Å². The Kier molecular flexibility index (Phi) is 4.99. The quantitative estimate of drug-likeness (QED) is 0.791. The molecular weight excluding hydrogens is 384 g/mol. The van der Waals surface area contributed by atoms with Gasteiger partial charge in [-0.15, -0.1) is 0 Å². The number of sulfonamides is 1. The highest BCUT2D eigenvalue weighted by molar-refractivity contribution is 9.10. The van der Waals surface area contributed by atoms with Gasteiger partial charge in [0.15, 0.2) is 0 Å². The summed E-state index contributed by atoms with van der Waals surface area (Å²) in [4.78, 5) is 2.66. The molecule has 0 atom stereocenters. The summed E-state index contributed by atoms with van der Waals surface area (Å²) in [6.45, 7) is 3.53. The third-order valence-electron chi connectivity index (χ3n) is 3.77. The van der Waals surface area contributed by atoms with Crippen LogP contribution < -0.4 is 0 Å². The lowest BCUT2D eigenvalue weighted by Gasteiger charge is -2.33. The van der Waals surface area contributed by atoms with Gasteiger partial charge in [0, 0.05) is 37.2 Å². The highest BCUT2D eigenvalue weighted by atomic mass is 79.9. The van der Waals surface area contributed by atoms with E-state index in [1.54, 1.807) is 39.9 Å². The minimum absolute atomic E-state index is 0.363.